The maximum atomic E-state index is 4.59. The molecule has 1 nitrogen and oxygen atoms in total. The van der Waals surface area contributed by atoms with E-state index in [1.165, 1.54) is 37.9 Å². The summed E-state index contributed by atoms with van der Waals surface area (Å²) in [4.78, 5) is 2.67. The van der Waals surface area contributed by atoms with Gasteiger partial charge in [0.25, 0.3) is 0 Å². The number of rotatable bonds is 4. The summed E-state index contributed by atoms with van der Waals surface area (Å²) in [5.41, 5.74) is 1.89. The SMILES string of the molecule is CC(C)(C)C1CCCN(CC(CS)c2ccccc2)CC1. The van der Waals surface area contributed by atoms with Crippen LogP contribution in [0, 0.1) is 11.3 Å². The number of thiol groups is 1. The average Bonchev–Trinajstić information content (AvgIpc) is 2.71. The molecule has 0 saturated carbocycles. The Bertz CT molecular complexity index is 409. The second kappa shape index (κ2) is 7.69. The van der Waals surface area contributed by atoms with Gasteiger partial charge in [0.1, 0.15) is 0 Å². The van der Waals surface area contributed by atoms with Crippen molar-refractivity contribution in [1.82, 2.24) is 4.90 Å². The van der Waals surface area contributed by atoms with Gasteiger partial charge in [-0.3, -0.25) is 0 Å². The van der Waals surface area contributed by atoms with E-state index in [0.29, 0.717) is 11.3 Å². The van der Waals surface area contributed by atoms with E-state index in [0.717, 1.165) is 18.2 Å². The van der Waals surface area contributed by atoms with Crippen molar-refractivity contribution in [3.8, 4) is 0 Å². The van der Waals surface area contributed by atoms with E-state index < -0.39 is 0 Å². The van der Waals surface area contributed by atoms with Gasteiger partial charge in [-0.25, -0.2) is 0 Å². The maximum Gasteiger partial charge on any atom is 0.00581 e. The molecule has 1 aliphatic heterocycles. The fraction of sp³-hybridized carbons (Fsp3) is 0.684. The van der Waals surface area contributed by atoms with E-state index in [4.69, 9.17) is 0 Å². The summed E-state index contributed by atoms with van der Waals surface area (Å²) in [6, 6.07) is 10.9. The fourth-order valence-corrected chi connectivity index (χ4v) is 3.84. The van der Waals surface area contributed by atoms with Crippen LogP contribution in [0.5, 0.6) is 0 Å². The third-order valence-corrected chi connectivity index (χ3v) is 5.46. The van der Waals surface area contributed by atoms with E-state index in [9.17, 15) is 0 Å². The van der Waals surface area contributed by atoms with Crippen LogP contribution in [0.2, 0.25) is 0 Å². The lowest BCUT2D eigenvalue weighted by Gasteiger charge is -2.30. The largest absolute Gasteiger partial charge is 0.303 e. The van der Waals surface area contributed by atoms with Crippen molar-refractivity contribution in [3.05, 3.63) is 35.9 Å². The predicted molar refractivity (Wildman–Crippen MR) is 96.3 cm³/mol. The first-order valence-corrected chi connectivity index (χ1v) is 9.02. The highest BCUT2D eigenvalue weighted by molar-refractivity contribution is 7.80. The topological polar surface area (TPSA) is 3.24 Å². The van der Waals surface area contributed by atoms with Crippen molar-refractivity contribution < 1.29 is 0 Å². The van der Waals surface area contributed by atoms with E-state index in [-0.39, 0.29) is 0 Å². The monoisotopic (exact) mass is 305 g/mol. The van der Waals surface area contributed by atoms with Crippen LogP contribution in [0.15, 0.2) is 30.3 Å². The Morgan fingerprint density at radius 2 is 1.86 bits per heavy atom. The van der Waals surface area contributed by atoms with Crippen LogP contribution in [-0.2, 0) is 0 Å². The van der Waals surface area contributed by atoms with Crippen LogP contribution >= 0.6 is 12.6 Å². The molecule has 2 rings (SSSR count). The smallest absolute Gasteiger partial charge is 0.00581 e. The lowest BCUT2D eigenvalue weighted by molar-refractivity contribution is 0.206. The van der Waals surface area contributed by atoms with E-state index in [1.807, 2.05) is 0 Å². The summed E-state index contributed by atoms with van der Waals surface area (Å²) in [5.74, 6) is 2.36. The number of likely N-dealkylation sites (tertiary alicyclic amines) is 1. The zero-order chi connectivity index (χ0) is 15.3. The third kappa shape index (κ3) is 5.03. The van der Waals surface area contributed by atoms with Gasteiger partial charge in [0.05, 0.1) is 0 Å². The Morgan fingerprint density at radius 3 is 2.48 bits per heavy atom. The second-order valence-electron chi connectivity index (χ2n) is 7.58. The van der Waals surface area contributed by atoms with Gasteiger partial charge in [0, 0.05) is 12.5 Å². The lowest BCUT2D eigenvalue weighted by atomic mass is 9.77. The molecule has 0 aliphatic carbocycles. The summed E-state index contributed by atoms with van der Waals surface area (Å²) < 4.78 is 0. The summed E-state index contributed by atoms with van der Waals surface area (Å²) in [6.07, 6.45) is 4.07. The number of hydrogen-bond donors (Lipinski definition) is 1. The highest BCUT2D eigenvalue weighted by Gasteiger charge is 2.27. The molecule has 1 aromatic rings. The summed E-state index contributed by atoms with van der Waals surface area (Å²) in [5, 5.41) is 0. The summed E-state index contributed by atoms with van der Waals surface area (Å²) in [7, 11) is 0. The van der Waals surface area contributed by atoms with E-state index in [1.54, 1.807) is 0 Å². The summed E-state index contributed by atoms with van der Waals surface area (Å²) >= 11 is 4.59. The standard InChI is InChI=1S/C19H31NS/c1-19(2,3)18-10-7-12-20(13-11-18)14-17(15-21)16-8-5-4-6-9-16/h4-6,8-9,17-18,21H,7,10-15H2,1-3H3. The van der Waals surface area contributed by atoms with Gasteiger partial charge < -0.3 is 4.90 Å². The molecule has 1 heterocycles. The highest BCUT2D eigenvalue weighted by atomic mass is 32.1. The molecule has 2 atom stereocenters. The van der Waals surface area contributed by atoms with Gasteiger partial charge in [-0.2, -0.15) is 12.6 Å². The fourth-order valence-electron chi connectivity index (χ4n) is 3.51. The third-order valence-electron chi connectivity index (χ3n) is 5.02. The van der Waals surface area contributed by atoms with Crippen molar-refractivity contribution >= 4 is 12.6 Å². The molecule has 0 N–H and O–H groups in total. The Morgan fingerprint density at radius 1 is 1.14 bits per heavy atom. The first-order valence-electron chi connectivity index (χ1n) is 8.39. The molecular formula is C19H31NS. The van der Waals surface area contributed by atoms with Gasteiger partial charge in [-0.1, -0.05) is 51.1 Å². The normalized spacial score (nSPS) is 22.8. The Hall–Kier alpha value is -0.470. The minimum atomic E-state index is 0.457. The molecule has 118 valence electrons. The van der Waals surface area contributed by atoms with E-state index in [2.05, 4.69) is 68.6 Å². The van der Waals surface area contributed by atoms with Crippen molar-refractivity contribution in [2.45, 2.75) is 46.0 Å². The van der Waals surface area contributed by atoms with Crippen molar-refractivity contribution in [2.75, 3.05) is 25.4 Å². The Kier molecular flexibility index (Phi) is 6.19. The average molecular weight is 306 g/mol. The first-order chi connectivity index (χ1) is 10.0. The molecule has 0 radical (unpaired) electrons. The molecule has 2 heteroatoms. The van der Waals surface area contributed by atoms with Gasteiger partial charge in [0.2, 0.25) is 0 Å². The molecular weight excluding hydrogens is 274 g/mol. The molecule has 2 unspecified atom stereocenters. The van der Waals surface area contributed by atoms with Crippen LogP contribution in [0.4, 0.5) is 0 Å². The van der Waals surface area contributed by atoms with Crippen LogP contribution in [0.1, 0.15) is 51.5 Å². The zero-order valence-electron chi connectivity index (χ0n) is 13.9. The Balaban J connectivity index is 1.93. The van der Waals surface area contributed by atoms with Crippen LogP contribution in [0.25, 0.3) is 0 Å². The van der Waals surface area contributed by atoms with Gasteiger partial charge in [-0.15, -0.1) is 0 Å². The second-order valence-corrected chi connectivity index (χ2v) is 7.95. The van der Waals surface area contributed by atoms with Crippen LogP contribution in [0.3, 0.4) is 0 Å². The molecule has 1 saturated heterocycles. The van der Waals surface area contributed by atoms with Gasteiger partial charge in [-0.05, 0) is 55.0 Å². The highest BCUT2D eigenvalue weighted by Crippen LogP contribution is 2.34. The molecule has 0 spiro atoms. The predicted octanol–water partition coefficient (Wildman–Crippen LogP) is 4.85. The Labute approximate surface area is 136 Å². The number of nitrogens with zero attached hydrogens (tertiary/aromatic N) is 1. The van der Waals surface area contributed by atoms with Crippen LogP contribution in [-0.4, -0.2) is 30.3 Å². The molecule has 0 aromatic heterocycles. The molecule has 0 amide bonds. The quantitative estimate of drug-likeness (QED) is 0.778. The minimum Gasteiger partial charge on any atom is -0.303 e. The van der Waals surface area contributed by atoms with Crippen molar-refractivity contribution in [2.24, 2.45) is 11.3 Å². The van der Waals surface area contributed by atoms with Crippen LogP contribution < -0.4 is 0 Å². The maximum absolute atomic E-state index is 4.59. The first kappa shape index (κ1) is 16.9. The molecule has 0 bridgehead atoms. The lowest BCUT2D eigenvalue weighted by Crippen LogP contribution is -2.31. The zero-order valence-corrected chi connectivity index (χ0v) is 14.8. The van der Waals surface area contributed by atoms with Crippen molar-refractivity contribution in [3.63, 3.8) is 0 Å². The number of hydrogen-bond acceptors (Lipinski definition) is 2. The summed E-state index contributed by atoms with van der Waals surface area (Å²) in [6.45, 7) is 10.8. The van der Waals surface area contributed by atoms with E-state index >= 15 is 0 Å². The molecule has 1 fully saturated rings. The van der Waals surface area contributed by atoms with Gasteiger partial charge >= 0.3 is 0 Å². The van der Waals surface area contributed by atoms with Crippen molar-refractivity contribution in [1.29, 1.82) is 0 Å². The molecule has 1 aromatic carbocycles. The number of benzene rings is 1. The molecule has 21 heavy (non-hydrogen) atoms. The molecule has 1 aliphatic rings. The minimum absolute atomic E-state index is 0.457. The van der Waals surface area contributed by atoms with Gasteiger partial charge in [0.15, 0.2) is 0 Å².